The second-order valence-corrected chi connectivity index (χ2v) is 4.68. The van der Waals surface area contributed by atoms with Crippen LogP contribution in [0.5, 0.6) is 0 Å². The molecule has 0 radical (unpaired) electrons. The van der Waals surface area contributed by atoms with Crippen molar-refractivity contribution in [3.05, 3.63) is 39.4 Å². The Bertz CT molecular complexity index is 418. The summed E-state index contributed by atoms with van der Waals surface area (Å²) in [5.41, 5.74) is 2.00. The van der Waals surface area contributed by atoms with Gasteiger partial charge in [0.1, 0.15) is 0 Å². The molecule has 0 aromatic heterocycles. The summed E-state index contributed by atoms with van der Waals surface area (Å²) in [5.74, 6) is 0.172. The molecule has 0 bridgehead atoms. The van der Waals surface area contributed by atoms with E-state index in [1.807, 2.05) is 26.0 Å². The maximum Gasteiger partial charge on any atom is 0.273 e. The molecule has 4 heteroatoms. The fourth-order valence-electron chi connectivity index (χ4n) is 2.43. The summed E-state index contributed by atoms with van der Waals surface area (Å²) >= 11 is 0. The molecular formula is C14H22N2O2. The molecule has 0 saturated heterocycles. The number of nitro groups is 1. The minimum absolute atomic E-state index is 0.172. The summed E-state index contributed by atoms with van der Waals surface area (Å²) in [6.07, 6.45) is 0.887. The summed E-state index contributed by atoms with van der Waals surface area (Å²) in [5, 5.41) is 14.5. The van der Waals surface area contributed by atoms with Gasteiger partial charge in [0.15, 0.2) is 0 Å². The first-order chi connectivity index (χ1) is 8.51. The van der Waals surface area contributed by atoms with Crippen LogP contribution in [0, 0.1) is 17.0 Å². The molecule has 0 fully saturated rings. The topological polar surface area (TPSA) is 55.2 Å². The Morgan fingerprint density at radius 3 is 2.56 bits per heavy atom. The highest BCUT2D eigenvalue weighted by atomic mass is 16.6. The van der Waals surface area contributed by atoms with Crippen molar-refractivity contribution in [3.8, 4) is 0 Å². The van der Waals surface area contributed by atoms with E-state index in [4.69, 9.17) is 0 Å². The third kappa shape index (κ3) is 3.29. The molecule has 0 aliphatic heterocycles. The van der Waals surface area contributed by atoms with Gasteiger partial charge < -0.3 is 5.32 Å². The van der Waals surface area contributed by atoms with Crippen molar-refractivity contribution in [2.45, 2.75) is 46.1 Å². The zero-order chi connectivity index (χ0) is 13.7. The van der Waals surface area contributed by atoms with Crippen LogP contribution in [0.1, 0.15) is 44.2 Å². The van der Waals surface area contributed by atoms with Crippen molar-refractivity contribution >= 4 is 5.69 Å². The van der Waals surface area contributed by atoms with Gasteiger partial charge in [-0.2, -0.15) is 0 Å². The lowest BCUT2D eigenvalue weighted by Gasteiger charge is -2.23. The Labute approximate surface area is 109 Å². The summed E-state index contributed by atoms with van der Waals surface area (Å²) < 4.78 is 0. The predicted molar refractivity (Wildman–Crippen MR) is 74.0 cm³/mol. The SMILES string of the molecule is CCNC(C)C(CC)c1ccc(C)cc1[N+](=O)[O-]. The highest BCUT2D eigenvalue weighted by Crippen LogP contribution is 2.32. The van der Waals surface area contributed by atoms with E-state index >= 15 is 0 Å². The minimum atomic E-state index is -0.274. The average Bonchev–Trinajstić information content (AvgIpc) is 2.32. The van der Waals surface area contributed by atoms with Crippen molar-refractivity contribution in [3.63, 3.8) is 0 Å². The van der Waals surface area contributed by atoms with Gasteiger partial charge in [0.25, 0.3) is 5.69 Å². The lowest BCUT2D eigenvalue weighted by molar-refractivity contribution is -0.385. The molecule has 100 valence electrons. The van der Waals surface area contributed by atoms with Crippen LogP contribution in [-0.4, -0.2) is 17.5 Å². The van der Waals surface area contributed by atoms with Gasteiger partial charge in [0.05, 0.1) is 4.92 Å². The molecule has 4 nitrogen and oxygen atoms in total. The van der Waals surface area contributed by atoms with Crippen LogP contribution in [0.25, 0.3) is 0 Å². The number of rotatable bonds is 6. The van der Waals surface area contributed by atoms with Crippen molar-refractivity contribution < 1.29 is 4.92 Å². The molecule has 18 heavy (non-hydrogen) atoms. The van der Waals surface area contributed by atoms with Gasteiger partial charge in [0.2, 0.25) is 0 Å². The monoisotopic (exact) mass is 250 g/mol. The number of nitrogens with zero attached hydrogens (tertiary/aromatic N) is 1. The van der Waals surface area contributed by atoms with E-state index in [9.17, 15) is 10.1 Å². The summed E-state index contributed by atoms with van der Waals surface area (Å²) in [6.45, 7) is 8.96. The number of aryl methyl sites for hydroxylation is 1. The van der Waals surface area contributed by atoms with Crippen LogP contribution in [-0.2, 0) is 0 Å². The lowest BCUT2D eigenvalue weighted by Crippen LogP contribution is -2.32. The Kier molecular flexibility index (Phi) is 5.28. The summed E-state index contributed by atoms with van der Waals surface area (Å²) in [7, 11) is 0. The van der Waals surface area contributed by atoms with Crippen LogP contribution in [0.15, 0.2) is 18.2 Å². The smallest absolute Gasteiger partial charge is 0.273 e. The summed E-state index contributed by atoms with van der Waals surface area (Å²) in [6, 6.07) is 5.75. The molecule has 2 unspecified atom stereocenters. The standard InChI is InChI=1S/C14H22N2O2/c1-5-12(11(4)15-6-2)13-8-7-10(3)9-14(13)16(17)18/h7-9,11-12,15H,5-6H2,1-4H3. The molecule has 1 rings (SSSR count). The maximum absolute atomic E-state index is 11.2. The summed E-state index contributed by atoms with van der Waals surface area (Å²) in [4.78, 5) is 10.9. The third-order valence-electron chi connectivity index (χ3n) is 3.35. The second kappa shape index (κ2) is 6.50. The number of hydrogen-bond acceptors (Lipinski definition) is 3. The molecule has 1 N–H and O–H groups in total. The predicted octanol–water partition coefficient (Wildman–Crippen LogP) is 3.39. The highest BCUT2D eigenvalue weighted by Gasteiger charge is 2.24. The van der Waals surface area contributed by atoms with Gasteiger partial charge >= 0.3 is 0 Å². The number of hydrogen-bond donors (Lipinski definition) is 1. The van der Waals surface area contributed by atoms with E-state index < -0.39 is 0 Å². The van der Waals surface area contributed by atoms with Gasteiger partial charge in [-0.05, 0) is 32.4 Å². The molecule has 0 heterocycles. The molecule has 0 amide bonds. The molecule has 2 atom stereocenters. The largest absolute Gasteiger partial charge is 0.314 e. The zero-order valence-corrected chi connectivity index (χ0v) is 11.6. The van der Waals surface area contributed by atoms with E-state index in [1.165, 1.54) is 0 Å². The van der Waals surface area contributed by atoms with Gasteiger partial charge in [-0.3, -0.25) is 10.1 Å². The van der Waals surface area contributed by atoms with Crippen LogP contribution < -0.4 is 5.32 Å². The first-order valence-electron chi connectivity index (χ1n) is 6.49. The number of nitro benzene ring substituents is 1. The van der Waals surface area contributed by atoms with Gasteiger partial charge in [0, 0.05) is 23.6 Å². The van der Waals surface area contributed by atoms with E-state index in [0.717, 1.165) is 24.1 Å². The Hall–Kier alpha value is -1.42. The minimum Gasteiger partial charge on any atom is -0.314 e. The molecular weight excluding hydrogens is 228 g/mol. The van der Waals surface area contributed by atoms with Crippen molar-refractivity contribution in [2.75, 3.05) is 6.54 Å². The van der Waals surface area contributed by atoms with Crippen molar-refractivity contribution in [1.29, 1.82) is 0 Å². The Balaban J connectivity index is 3.16. The van der Waals surface area contributed by atoms with E-state index in [0.29, 0.717) is 0 Å². The number of likely N-dealkylation sites (N-methyl/N-ethyl adjacent to an activating group) is 1. The van der Waals surface area contributed by atoms with Crippen LogP contribution in [0.4, 0.5) is 5.69 Å². The first-order valence-corrected chi connectivity index (χ1v) is 6.49. The molecule has 1 aromatic rings. The molecule has 0 spiro atoms. The number of benzene rings is 1. The van der Waals surface area contributed by atoms with Gasteiger partial charge in [-0.15, -0.1) is 0 Å². The second-order valence-electron chi connectivity index (χ2n) is 4.68. The van der Waals surface area contributed by atoms with Crippen molar-refractivity contribution in [1.82, 2.24) is 5.32 Å². The molecule has 0 aliphatic carbocycles. The normalized spacial score (nSPS) is 14.2. The molecule has 1 aromatic carbocycles. The number of nitrogens with one attached hydrogen (secondary N) is 1. The lowest BCUT2D eigenvalue weighted by atomic mass is 9.88. The quantitative estimate of drug-likeness (QED) is 0.622. The van der Waals surface area contributed by atoms with E-state index in [2.05, 4.69) is 19.2 Å². The first kappa shape index (κ1) is 14.6. The van der Waals surface area contributed by atoms with Crippen LogP contribution in [0.2, 0.25) is 0 Å². The van der Waals surface area contributed by atoms with Crippen LogP contribution in [0.3, 0.4) is 0 Å². The highest BCUT2D eigenvalue weighted by molar-refractivity contribution is 5.45. The average molecular weight is 250 g/mol. The van der Waals surface area contributed by atoms with E-state index in [-0.39, 0.29) is 22.6 Å². The Morgan fingerprint density at radius 1 is 1.39 bits per heavy atom. The van der Waals surface area contributed by atoms with Gasteiger partial charge in [-0.1, -0.05) is 26.0 Å². The fraction of sp³-hybridized carbons (Fsp3) is 0.571. The molecule has 0 aliphatic rings. The van der Waals surface area contributed by atoms with Crippen molar-refractivity contribution in [2.24, 2.45) is 0 Å². The maximum atomic E-state index is 11.2. The third-order valence-corrected chi connectivity index (χ3v) is 3.35. The van der Waals surface area contributed by atoms with Crippen LogP contribution >= 0.6 is 0 Å². The van der Waals surface area contributed by atoms with Gasteiger partial charge in [-0.25, -0.2) is 0 Å². The fourth-order valence-corrected chi connectivity index (χ4v) is 2.43. The molecule has 0 saturated carbocycles. The zero-order valence-electron chi connectivity index (χ0n) is 11.6. The Morgan fingerprint density at radius 2 is 2.06 bits per heavy atom. The van der Waals surface area contributed by atoms with E-state index in [1.54, 1.807) is 6.07 Å².